The standard InChI is InChI=1S/C15H17N/c1-11-7-8-13(9-12(11)2)10-14-5-3-4-6-15(14)16/h3-9H,10,16H2,1-2H3. The molecule has 0 aliphatic heterocycles. The Kier molecular flexibility index (Phi) is 2.95. The van der Waals surface area contributed by atoms with Gasteiger partial charge in [0.25, 0.3) is 0 Å². The van der Waals surface area contributed by atoms with Crippen molar-refractivity contribution in [3.05, 3.63) is 64.7 Å². The van der Waals surface area contributed by atoms with Crippen molar-refractivity contribution in [2.45, 2.75) is 20.3 Å². The van der Waals surface area contributed by atoms with Crippen molar-refractivity contribution in [2.24, 2.45) is 0 Å². The molecule has 2 rings (SSSR count). The van der Waals surface area contributed by atoms with Crippen molar-refractivity contribution in [1.82, 2.24) is 0 Å². The molecule has 0 fully saturated rings. The molecule has 0 aliphatic rings. The van der Waals surface area contributed by atoms with E-state index in [-0.39, 0.29) is 0 Å². The van der Waals surface area contributed by atoms with Crippen LogP contribution in [0, 0.1) is 13.8 Å². The van der Waals surface area contributed by atoms with E-state index < -0.39 is 0 Å². The molecule has 0 heterocycles. The number of hydrogen-bond donors (Lipinski definition) is 1. The summed E-state index contributed by atoms with van der Waals surface area (Å²) in [4.78, 5) is 0. The summed E-state index contributed by atoms with van der Waals surface area (Å²) >= 11 is 0. The van der Waals surface area contributed by atoms with Crippen LogP contribution >= 0.6 is 0 Å². The molecular weight excluding hydrogens is 194 g/mol. The van der Waals surface area contributed by atoms with E-state index >= 15 is 0 Å². The maximum Gasteiger partial charge on any atom is 0.0349 e. The van der Waals surface area contributed by atoms with Crippen molar-refractivity contribution >= 4 is 5.69 Å². The van der Waals surface area contributed by atoms with Crippen LogP contribution in [0.15, 0.2) is 42.5 Å². The summed E-state index contributed by atoms with van der Waals surface area (Å²) in [5.74, 6) is 0. The number of benzene rings is 2. The Balaban J connectivity index is 2.28. The average molecular weight is 211 g/mol. The maximum absolute atomic E-state index is 5.94. The Morgan fingerprint density at radius 1 is 0.938 bits per heavy atom. The fourth-order valence-electron chi connectivity index (χ4n) is 1.83. The highest BCUT2D eigenvalue weighted by Crippen LogP contribution is 2.18. The van der Waals surface area contributed by atoms with E-state index in [1.54, 1.807) is 0 Å². The molecule has 0 radical (unpaired) electrons. The van der Waals surface area contributed by atoms with Crippen molar-refractivity contribution in [1.29, 1.82) is 0 Å². The number of nitrogens with two attached hydrogens (primary N) is 1. The molecule has 0 aromatic heterocycles. The van der Waals surface area contributed by atoms with Gasteiger partial charge in [-0.05, 0) is 48.6 Å². The van der Waals surface area contributed by atoms with Crippen molar-refractivity contribution < 1.29 is 0 Å². The third-order valence-corrected chi connectivity index (χ3v) is 3.02. The van der Waals surface area contributed by atoms with Gasteiger partial charge in [-0.15, -0.1) is 0 Å². The molecule has 2 aromatic carbocycles. The van der Waals surface area contributed by atoms with Crippen LogP contribution in [0.3, 0.4) is 0 Å². The van der Waals surface area contributed by atoms with Gasteiger partial charge in [-0.25, -0.2) is 0 Å². The van der Waals surface area contributed by atoms with Gasteiger partial charge in [0.05, 0.1) is 0 Å². The molecule has 82 valence electrons. The summed E-state index contributed by atoms with van der Waals surface area (Å²) in [6, 6.07) is 14.6. The van der Waals surface area contributed by atoms with Crippen LogP contribution in [-0.4, -0.2) is 0 Å². The van der Waals surface area contributed by atoms with Crippen LogP contribution in [-0.2, 0) is 6.42 Å². The summed E-state index contributed by atoms with van der Waals surface area (Å²) in [6.45, 7) is 4.28. The highest BCUT2D eigenvalue weighted by atomic mass is 14.6. The molecule has 16 heavy (non-hydrogen) atoms. The third-order valence-electron chi connectivity index (χ3n) is 3.02. The predicted octanol–water partition coefficient (Wildman–Crippen LogP) is 3.48. The van der Waals surface area contributed by atoms with Gasteiger partial charge in [0.2, 0.25) is 0 Å². The number of rotatable bonds is 2. The third kappa shape index (κ3) is 2.25. The second-order valence-corrected chi connectivity index (χ2v) is 4.29. The van der Waals surface area contributed by atoms with E-state index in [1.807, 2.05) is 18.2 Å². The lowest BCUT2D eigenvalue weighted by Gasteiger charge is -2.07. The molecule has 2 N–H and O–H groups in total. The fraction of sp³-hybridized carbons (Fsp3) is 0.200. The highest BCUT2D eigenvalue weighted by Gasteiger charge is 2.01. The molecule has 0 bridgehead atoms. The number of para-hydroxylation sites is 1. The molecule has 0 atom stereocenters. The summed E-state index contributed by atoms with van der Waals surface area (Å²) in [5, 5.41) is 0. The molecule has 0 amide bonds. The first-order chi connectivity index (χ1) is 7.66. The molecular formula is C15H17N. The second-order valence-electron chi connectivity index (χ2n) is 4.29. The normalized spacial score (nSPS) is 10.4. The molecule has 0 saturated carbocycles. The predicted molar refractivity (Wildman–Crippen MR) is 69.6 cm³/mol. The van der Waals surface area contributed by atoms with Gasteiger partial charge in [0.15, 0.2) is 0 Å². The number of anilines is 1. The monoisotopic (exact) mass is 211 g/mol. The zero-order valence-electron chi connectivity index (χ0n) is 9.83. The van der Waals surface area contributed by atoms with Crippen LogP contribution < -0.4 is 5.73 Å². The smallest absolute Gasteiger partial charge is 0.0349 e. The summed E-state index contributed by atoms with van der Waals surface area (Å²) in [6.07, 6.45) is 0.911. The Hall–Kier alpha value is -1.76. The van der Waals surface area contributed by atoms with E-state index in [0.29, 0.717) is 0 Å². The molecule has 0 aliphatic carbocycles. The van der Waals surface area contributed by atoms with Gasteiger partial charge in [-0.1, -0.05) is 36.4 Å². The zero-order valence-corrected chi connectivity index (χ0v) is 9.83. The Bertz CT molecular complexity index is 501. The van der Waals surface area contributed by atoms with E-state index in [1.165, 1.54) is 22.3 Å². The van der Waals surface area contributed by atoms with E-state index in [4.69, 9.17) is 5.73 Å². The topological polar surface area (TPSA) is 26.0 Å². The number of hydrogen-bond acceptors (Lipinski definition) is 1. The van der Waals surface area contributed by atoms with Gasteiger partial charge >= 0.3 is 0 Å². The molecule has 0 unspecified atom stereocenters. The minimum atomic E-state index is 0.876. The first kappa shape index (κ1) is 10.7. The van der Waals surface area contributed by atoms with Gasteiger partial charge in [-0.2, -0.15) is 0 Å². The van der Waals surface area contributed by atoms with Crippen molar-refractivity contribution in [3.8, 4) is 0 Å². The molecule has 1 heteroatoms. The van der Waals surface area contributed by atoms with E-state index in [2.05, 4.69) is 38.1 Å². The zero-order chi connectivity index (χ0) is 11.5. The maximum atomic E-state index is 5.94. The fourth-order valence-corrected chi connectivity index (χ4v) is 1.83. The van der Waals surface area contributed by atoms with Crippen LogP contribution in [0.5, 0.6) is 0 Å². The molecule has 0 spiro atoms. The van der Waals surface area contributed by atoms with Gasteiger partial charge < -0.3 is 5.73 Å². The Labute approximate surface area is 96.9 Å². The summed E-state index contributed by atoms with van der Waals surface area (Å²) in [7, 11) is 0. The molecule has 1 nitrogen and oxygen atoms in total. The number of nitrogen functional groups attached to an aromatic ring is 1. The van der Waals surface area contributed by atoms with E-state index in [9.17, 15) is 0 Å². The first-order valence-corrected chi connectivity index (χ1v) is 5.56. The summed E-state index contributed by atoms with van der Waals surface area (Å²) < 4.78 is 0. The van der Waals surface area contributed by atoms with Crippen LogP contribution in [0.4, 0.5) is 5.69 Å². The van der Waals surface area contributed by atoms with Crippen molar-refractivity contribution in [3.63, 3.8) is 0 Å². The highest BCUT2D eigenvalue weighted by molar-refractivity contribution is 5.48. The van der Waals surface area contributed by atoms with Crippen LogP contribution in [0.2, 0.25) is 0 Å². The van der Waals surface area contributed by atoms with Gasteiger partial charge in [0, 0.05) is 5.69 Å². The lowest BCUT2D eigenvalue weighted by Crippen LogP contribution is -1.96. The molecule has 2 aromatic rings. The van der Waals surface area contributed by atoms with E-state index in [0.717, 1.165) is 12.1 Å². The lowest BCUT2D eigenvalue weighted by atomic mass is 10.00. The largest absolute Gasteiger partial charge is 0.398 e. The van der Waals surface area contributed by atoms with Crippen LogP contribution in [0.1, 0.15) is 22.3 Å². The number of aryl methyl sites for hydroxylation is 2. The van der Waals surface area contributed by atoms with Gasteiger partial charge in [0.1, 0.15) is 0 Å². The average Bonchev–Trinajstić information content (AvgIpc) is 2.27. The minimum Gasteiger partial charge on any atom is -0.398 e. The lowest BCUT2D eigenvalue weighted by molar-refractivity contribution is 1.17. The second kappa shape index (κ2) is 4.40. The SMILES string of the molecule is Cc1ccc(Cc2ccccc2N)cc1C. The van der Waals surface area contributed by atoms with Crippen LogP contribution in [0.25, 0.3) is 0 Å². The minimum absolute atomic E-state index is 0.876. The van der Waals surface area contributed by atoms with Gasteiger partial charge in [-0.3, -0.25) is 0 Å². The Morgan fingerprint density at radius 2 is 1.69 bits per heavy atom. The quantitative estimate of drug-likeness (QED) is 0.756. The molecule has 0 saturated heterocycles. The Morgan fingerprint density at radius 3 is 2.38 bits per heavy atom. The summed E-state index contributed by atoms with van der Waals surface area (Å²) in [5.41, 5.74) is 12.0. The van der Waals surface area contributed by atoms with Crippen molar-refractivity contribution in [2.75, 3.05) is 5.73 Å². The first-order valence-electron chi connectivity index (χ1n) is 5.56.